The van der Waals surface area contributed by atoms with Crippen LogP contribution in [0.3, 0.4) is 0 Å². The first-order valence-electron chi connectivity index (χ1n) is 8.25. The predicted molar refractivity (Wildman–Crippen MR) is 99.0 cm³/mol. The van der Waals surface area contributed by atoms with Crippen molar-refractivity contribution in [2.45, 2.75) is 12.5 Å². The lowest BCUT2D eigenvalue weighted by Crippen LogP contribution is -2.27. The number of fused-ring (bicyclic) bond motifs is 1. The molecule has 1 heterocycles. The topological polar surface area (TPSA) is 90.0 Å². The van der Waals surface area contributed by atoms with Crippen molar-refractivity contribution in [2.75, 3.05) is 24.2 Å². The van der Waals surface area contributed by atoms with E-state index >= 15 is 0 Å². The monoisotopic (exact) mass is 389 g/mol. The summed E-state index contributed by atoms with van der Waals surface area (Å²) in [6.07, 6.45) is 0.470. The van der Waals surface area contributed by atoms with Crippen LogP contribution in [0.1, 0.15) is 27.6 Å². The van der Waals surface area contributed by atoms with Crippen LogP contribution in [0.5, 0.6) is 0 Å². The van der Waals surface area contributed by atoms with Crippen LogP contribution in [0, 0.1) is 0 Å². The highest BCUT2D eigenvalue weighted by Gasteiger charge is 2.29. The van der Waals surface area contributed by atoms with Gasteiger partial charge in [0.1, 0.15) is 0 Å². The first-order valence-corrected chi connectivity index (χ1v) is 10.1. The molecule has 0 radical (unpaired) electrons. The lowest BCUT2D eigenvalue weighted by atomic mass is 10.1. The Morgan fingerprint density at radius 2 is 1.81 bits per heavy atom. The number of rotatable bonds is 5. The van der Waals surface area contributed by atoms with Crippen LogP contribution in [0.2, 0.25) is 0 Å². The normalized spacial score (nSPS) is 14.4. The van der Waals surface area contributed by atoms with Crippen molar-refractivity contribution in [3.05, 3.63) is 65.2 Å². The number of hydrogen-bond donors (Lipinski definition) is 0. The maximum absolute atomic E-state index is 12.6. The molecule has 0 spiro atoms. The van der Waals surface area contributed by atoms with Gasteiger partial charge in [-0.3, -0.25) is 4.31 Å². The van der Waals surface area contributed by atoms with Crippen LogP contribution in [0.4, 0.5) is 5.69 Å². The van der Waals surface area contributed by atoms with Crippen LogP contribution in [0.25, 0.3) is 0 Å². The van der Waals surface area contributed by atoms with Gasteiger partial charge in [0, 0.05) is 12.1 Å². The second kappa shape index (κ2) is 7.40. The van der Waals surface area contributed by atoms with Crippen molar-refractivity contribution in [3.8, 4) is 0 Å². The average Bonchev–Trinajstić information content (AvgIpc) is 3.09. The highest BCUT2D eigenvalue weighted by molar-refractivity contribution is 7.92. The maximum atomic E-state index is 12.6. The van der Waals surface area contributed by atoms with Gasteiger partial charge in [-0.2, -0.15) is 0 Å². The second-order valence-corrected chi connectivity index (χ2v) is 8.05. The molecule has 142 valence electrons. The number of carbonyl (C=O) groups is 2. The van der Waals surface area contributed by atoms with Gasteiger partial charge in [-0.25, -0.2) is 18.0 Å². The number of anilines is 1. The maximum Gasteiger partial charge on any atom is 0.351 e. The Balaban J connectivity index is 1.85. The number of hydrogen-bond acceptors (Lipinski definition) is 6. The lowest BCUT2D eigenvalue weighted by molar-refractivity contribution is -0.151. The van der Waals surface area contributed by atoms with Gasteiger partial charge < -0.3 is 9.47 Å². The molecule has 1 atom stereocenters. The summed E-state index contributed by atoms with van der Waals surface area (Å²) < 4.78 is 35.0. The van der Waals surface area contributed by atoms with E-state index in [9.17, 15) is 18.0 Å². The van der Waals surface area contributed by atoms with Gasteiger partial charge in [-0.1, -0.05) is 30.3 Å². The summed E-state index contributed by atoms with van der Waals surface area (Å²) in [5.74, 6) is -1.37. The largest absolute Gasteiger partial charge is 0.466 e. The first-order chi connectivity index (χ1) is 12.8. The second-order valence-electron chi connectivity index (χ2n) is 6.15. The third-order valence-corrected chi connectivity index (χ3v) is 5.49. The summed E-state index contributed by atoms with van der Waals surface area (Å²) in [4.78, 5) is 24.6. The molecule has 0 saturated heterocycles. The molecule has 0 amide bonds. The molecule has 0 fully saturated rings. The molecule has 0 aromatic heterocycles. The third-order valence-electron chi connectivity index (χ3n) is 4.31. The van der Waals surface area contributed by atoms with E-state index in [1.54, 1.807) is 42.5 Å². The summed E-state index contributed by atoms with van der Waals surface area (Å²) >= 11 is 0. The zero-order chi connectivity index (χ0) is 19.6. The van der Waals surface area contributed by atoms with Crippen molar-refractivity contribution in [1.29, 1.82) is 0 Å². The SMILES string of the molecule is COC(=O)C(OC(=O)c1ccc2c(c1)CCN2S(C)(=O)=O)c1ccccc1. The van der Waals surface area contributed by atoms with Crippen molar-refractivity contribution in [1.82, 2.24) is 0 Å². The van der Waals surface area contributed by atoms with E-state index in [-0.39, 0.29) is 5.56 Å². The summed E-state index contributed by atoms with van der Waals surface area (Å²) in [6.45, 7) is 0.335. The fraction of sp³-hybridized carbons (Fsp3) is 0.263. The van der Waals surface area contributed by atoms with Gasteiger partial charge in [0.2, 0.25) is 16.1 Å². The van der Waals surface area contributed by atoms with Crippen LogP contribution in [-0.4, -0.2) is 40.3 Å². The van der Waals surface area contributed by atoms with Crippen LogP contribution in [-0.2, 0) is 30.7 Å². The van der Waals surface area contributed by atoms with E-state index in [0.717, 1.165) is 11.8 Å². The molecule has 0 bridgehead atoms. The van der Waals surface area contributed by atoms with Gasteiger partial charge in [-0.15, -0.1) is 0 Å². The van der Waals surface area contributed by atoms with Crippen molar-refractivity contribution < 1.29 is 27.5 Å². The minimum absolute atomic E-state index is 0.244. The number of carbonyl (C=O) groups excluding carboxylic acids is 2. The van der Waals surface area contributed by atoms with Crippen molar-refractivity contribution >= 4 is 27.6 Å². The predicted octanol–water partition coefficient (Wildman–Crippen LogP) is 2.08. The standard InChI is InChI=1S/C19H19NO6S/c1-25-19(22)17(13-6-4-3-5-7-13)26-18(21)15-8-9-16-14(12-15)10-11-20(16)27(2,23)24/h3-9,12,17H,10-11H2,1-2H3. The zero-order valence-electron chi connectivity index (χ0n) is 14.9. The Morgan fingerprint density at radius 1 is 1.11 bits per heavy atom. The molecule has 2 aromatic rings. The Labute approximate surface area is 157 Å². The Morgan fingerprint density at radius 3 is 2.44 bits per heavy atom. The average molecular weight is 389 g/mol. The number of benzene rings is 2. The van der Waals surface area contributed by atoms with Crippen LogP contribution in [0.15, 0.2) is 48.5 Å². The number of ether oxygens (including phenoxy) is 2. The van der Waals surface area contributed by atoms with E-state index < -0.39 is 28.1 Å². The molecular weight excluding hydrogens is 370 g/mol. The molecule has 3 rings (SSSR count). The molecule has 0 aliphatic carbocycles. The fourth-order valence-corrected chi connectivity index (χ4v) is 3.96. The number of methoxy groups -OCH3 is 1. The molecular formula is C19H19NO6S. The lowest BCUT2D eigenvalue weighted by Gasteiger charge is -2.17. The number of esters is 2. The zero-order valence-corrected chi connectivity index (χ0v) is 15.7. The van der Waals surface area contributed by atoms with E-state index in [0.29, 0.717) is 24.2 Å². The van der Waals surface area contributed by atoms with Crippen LogP contribution >= 0.6 is 0 Å². The molecule has 27 heavy (non-hydrogen) atoms. The highest BCUT2D eigenvalue weighted by atomic mass is 32.2. The molecule has 1 aliphatic heterocycles. The molecule has 1 unspecified atom stereocenters. The van der Waals surface area contributed by atoms with Gasteiger partial charge >= 0.3 is 11.9 Å². The molecule has 2 aromatic carbocycles. The quantitative estimate of drug-likeness (QED) is 0.728. The van der Waals surface area contributed by atoms with E-state index in [4.69, 9.17) is 9.47 Å². The van der Waals surface area contributed by atoms with E-state index in [2.05, 4.69) is 0 Å². The molecule has 0 saturated carbocycles. The molecule has 7 nitrogen and oxygen atoms in total. The first kappa shape index (κ1) is 18.9. The Kier molecular flexibility index (Phi) is 5.18. The minimum atomic E-state index is -3.36. The Hall–Kier alpha value is -2.87. The van der Waals surface area contributed by atoms with E-state index in [1.165, 1.54) is 17.5 Å². The smallest absolute Gasteiger partial charge is 0.351 e. The van der Waals surface area contributed by atoms with Gasteiger partial charge in [-0.05, 0) is 30.2 Å². The van der Waals surface area contributed by atoms with Crippen molar-refractivity contribution in [2.24, 2.45) is 0 Å². The number of sulfonamides is 1. The fourth-order valence-electron chi connectivity index (χ4n) is 3.01. The Bertz CT molecular complexity index is 971. The minimum Gasteiger partial charge on any atom is -0.466 e. The third kappa shape index (κ3) is 3.95. The summed E-state index contributed by atoms with van der Waals surface area (Å²) in [5, 5.41) is 0. The van der Waals surface area contributed by atoms with Gasteiger partial charge in [0.25, 0.3) is 0 Å². The summed E-state index contributed by atoms with van der Waals surface area (Å²) in [5.41, 5.74) is 2.04. The van der Waals surface area contributed by atoms with Crippen molar-refractivity contribution in [3.63, 3.8) is 0 Å². The van der Waals surface area contributed by atoms with Gasteiger partial charge in [0.15, 0.2) is 0 Å². The summed E-state index contributed by atoms with van der Waals surface area (Å²) in [6, 6.07) is 13.3. The highest BCUT2D eigenvalue weighted by Crippen LogP contribution is 2.31. The van der Waals surface area contributed by atoms with Crippen LogP contribution < -0.4 is 4.31 Å². The molecule has 1 aliphatic rings. The summed E-state index contributed by atoms with van der Waals surface area (Å²) in [7, 11) is -2.14. The number of nitrogens with zero attached hydrogens (tertiary/aromatic N) is 1. The van der Waals surface area contributed by atoms with E-state index in [1.807, 2.05) is 0 Å². The molecule has 8 heteroatoms. The molecule has 0 N–H and O–H groups in total. The van der Waals surface area contributed by atoms with Gasteiger partial charge in [0.05, 0.1) is 24.6 Å².